The van der Waals surface area contributed by atoms with E-state index in [1.807, 2.05) is 0 Å². The average Bonchev–Trinajstić information content (AvgIpc) is 2.86. The van der Waals surface area contributed by atoms with Crippen molar-refractivity contribution in [3.05, 3.63) is 0 Å². The number of hydrogen-bond acceptors (Lipinski definition) is 1. The first-order chi connectivity index (χ1) is 8.69. The summed E-state index contributed by atoms with van der Waals surface area (Å²) in [5.41, 5.74) is 0.512. The summed E-state index contributed by atoms with van der Waals surface area (Å²) in [6.07, 6.45) is 14.5. The molecule has 2 aliphatic carbocycles. The number of ether oxygens (including phenoxy) is 1. The van der Waals surface area contributed by atoms with Gasteiger partial charge < -0.3 is 4.74 Å². The molecule has 2 fully saturated rings. The molecule has 0 aromatic rings. The Morgan fingerprint density at radius 2 is 1.94 bits per heavy atom. The number of hydrogen-bond donors (Lipinski definition) is 0. The Bertz CT molecular complexity index is 247. The van der Waals surface area contributed by atoms with E-state index in [0.29, 0.717) is 17.6 Å². The molecular formula is C16H29BrO. The van der Waals surface area contributed by atoms with Crippen molar-refractivity contribution in [2.45, 2.75) is 95.1 Å². The molecule has 2 aliphatic rings. The lowest BCUT2D eigenvalue weighted by Gasteiger charge is -2.52. The van der Waals surface area contributed by atoms with Crippen LogP contribution in [0.25, 0.3) is 0 Å². The van der Waals surface area contributed by atoms with Gasteiger partial charge in [-0.3, -0.25) is 0 Å². The van der Waals surface area contributed by atoms with Crippen LogP contribution in [-0.4, -0.2) is 17.0 Å². The van der Waals surface area contributed by atoms with E-state index in [1.54, 1.807) is 0 Å². The fraction of sp³-hybridized carbons (Fsp3) is 1.00. The molecule has 0 aromatic carbocycles. The Morgan fingerprint density at radius 1 is 1.22 bits per heavy atom. The molecule has 0 aliphatic heterocycles. The second-order valence-electron chi connectivity index (χ2n) is 6.43. The fourth-order valence-electron chi connectivity index (χ4n) is 3.77. The van der Waals surface area contributed by atoms with Crippen LogP contribution >= 0.6 is 15.9 Å². The van der Waals surface area contributed by atoms with E-state index in [2.05, 4.69) is 29.8 Å². The van der Waals surface area contributed by atoms with E-state index in [9.17, 15) is 0 Å². The topological polar surface area (TPSA) is 9.23 Å². The second kappa shape index (κ2) is 6.74. The van der Waals surface area contributed by atoms with Gasteiger partial charge in [0.25, 0.3) is 0 Å². The monoisotopic (exact) mass is 316 g/mol. The summed E-state index contributed by atoms with van der Waals surface area (Å²) in [7, 11) is 0. The van der Waals surface area contributed by atoms with E-state index in [4.69, 9.17) is 4.74 Å². The minimum absolute atomic E-state index is 0.462. The molecule has 0 amide bonds. The van der Waals surface area contributed by atoms with Gasteiger partial charge in [0.2, 0.25) is 0 Å². The number of alkyl halides is 1. The average molecular weight is 317 g/mol. The first kappa shape index (κ1) is 14.8. The van der Waals surface area contributed by atoms with Crippen molar-refractivity contribution in [2.75, 3.05) is 0 Å². The number of halogens is 1. The van der Waals surface area contributed by atoms with E-state index in [1.165, 1.54) is 64.2 Å². The zero-order valence-electron chi connectivity index (χ0n) is 12.1. The van der Waals surface area contributed by atoms with Crippen LogP contribution in [0, 0.1) is 5.41 Å². The van der Waals surface area contributed by atoms with Crippen LogP contribution in [0.2, 0.25) is 0 Å². The minimum Gasteiger partial charge on any atom is -0.375 e. The third kappa shape index (κ3) is 3.12. The van der Waals surface area contributed by atoms with Crippen molar-refractivity contribution in [3.8, 4) is 0 Å². The molecule has 3 unspecified atom stereocenters. The molecule has 18 heavy (non-hydrogen) atoms. The van der Waals surface area contributed by atoms with E-state index in [0.717, 1.165) is 4.83 Å². The lowest BCUT2D eigenvalue weighted by molar-refractivity contribution is -0.130. The van der Waals surface area contributed by atoms with Gasteiger partial charge in [-0.2, -0.15) is 0 Å². The zero-order chi connectivity index (χ0) is 13.0. The Balaban J connectivity index is 1.69. The van der Waals surface area contributed by atoms with Gasteiger partial charge in [0.05, 0.1) is 12.2 Å². The highest BCUT2D eigenvalue weighted by molar-refractivity contribution is 9.09. The van der Waals surface area contributed by atoms with Crippen molar-refractivity contribution in [2.24, 2.45) is 5.41 Å². The molecule has 2 rings (SSSR count). The van der Waals surface area contributed by atoms with Gasteiger partial charge in [-0.1, -0.05) is 61.4 Å². The van der Waals surface area contributed by atoms with Crippen LogP contribution in [0.5, 0.6) is 0 Å². The summed E-state index contributed by atoms with van der Waals surface area (Å²) in [4.78, 5) is 0.727. The maximum absolute atomic E-state index is 6.34. The first-order valence-electron chi connectivity index (χ1n) is 7.98. The summed E-state index contributed by atoms with van der Waals surface area (Å²) >= 11 is 3.87. The summed E-state index contributed by atoms with van der Waals surface area (Å²) in [5.74, 6) is 0. The zero-order valence-corrected chi connectivity index (χ0v) is 13.7. The van der Waals surface area contributed by atoms with Crippen LogP contribution in [0.3, 0.4) is 0 Å². The molecule has 0 saturated heterocycles. The second-order valence-corrected chi connectivity index (χ2v) is 7.53. The molecular weight excluding hydrogens is 288 g/mol. The molecule has 2 heteroatoms. The van der Waals surface area contributed by atoms with Crippen LogP contribution < -0.4 is 0 Å². The molecule has 1 spiro atoms. The van der Waals surface area contributed by atoms with Gasteiger partial charge >= 0.3 is 0 Å². The predicted molar refractivity (Wildman–Crippen MR) is 81.3 cm³/mol. The molecule has 1 nitrogen and oxygen atoms in total. The normalized spacial score (nSPS) is 31.5. The van der Waals surface area contributed by atoms with Crippen LogP contribution in [-0.2, 0) is 4.74 Å². The molecule has 106 valence electrons. The largest absolute Gasteiger partial charge is 0.375 e. The Hall–Kier alpha value is 0.440. The molecule has 3 atom stereocenters. The summed E-state index contributed by atoms with van der Waals surface area (Å²) in [6.45, 7) is 4.55. The van der Waals surface area contributed by atoms with E-state index >= 15 is 0 Å². The van der Waals surface area contributed by atoms with Crippen LogP contribution in [0.4, 0.5) is 0 Å². The molecule has 0 N–H and O–H groups in total. The van der Waals surface area contributed by atoms with Gasteiger partial charge in [0.15, 0.2) is 0 Å². The Labute approximate surface area is 121 Å². The SMILES string of the molecule is CCCCCCC(C)OC1CC(Br)C12CCCC2. The van der Waals surface area contributed by atoms with Crippen molar-refractivity contribution >= 4 is 15.9 Å². The van der Waals surface area contributed by atoms with Gasteiger partial charge in [-0.05, 0) is 32.6 Å². The third-order valence-electron chi connectivity index (χ3n) is 5.08. The number of rotatable bonds is 7. The molecule has 0 bridgehead atoms. The lowest BCUT2D eigenvalue weighted by atomic mass is 9.64. The Kier molecular flexibility index (Phi) is 5.56. The summed E-state index contributed by atoms with van der Waals surface area (Å²) in [5, 5.41) is 0. The van der Waals surface area contributed by atoms with Crippen molar-refractivity contribution in [3.63, 3.8) is 0 Å². The maximum Gasteiger partial charge on any atom is 0.0656 e. The van der Waals surface area contributed by atoms with E-state index in [-0.39, 0.29) is 0 Å². The van der Waals surface area contributed by atoms with Crippen molar-refractivity contribution < 1.29 is 4.74 Å². The van der Waals surface area contributed by atoms with Crippen molar-refractivity contribution in [1.29, 1.82) is 0 Å². The standard InChI is InChI=1S/C16H29BrO/c1-3-4-5-6-9-13(2)18-15-12-14(17)16(15)10-7-8-11-16/h13-15H,3-12H2,1-2H3. The van der Waals surface area contributed by atoms with Crippen LogP contribution in [0.1, 0.15) is 78.1 Å². The van der Waals surface area contributed by atoms with E-state index < -0.39 is 0 Å². The quantitative estimate of drug-likeness (QED) is 0.447. The molecule has 2 saturated carbocycles. The highest BCUT2D eigenvalue weighted by Gasteiger charge is 2.55. The number of unbranched alkanes of at least 4 members (excludes halogenated alkanes) is 3. The summed E-state index contributed by atoms with van der Waals surface area (Å²) < 4.78 is 6.34. The minimum atomic E-state index is 0.462. The first-order valence-corrected chi connectivity index (χ1v) is 8.90. The lowest BCUT2D eigenvalue weighted by Crippen LogP contribution is -2.54. The van der Waals surface area contributed by atoms with Crippen molar-refractivity contribution in [1.82, 2.24) is 0 Å². The fourth-order valence-corrected chi connectivity index (χ4v) is 4.86. The predicted octanol–water partition coefficient (Wildman–Crippen LogP) is 5.46. The van der Waals surface area contributed by atoms with Gasteiger partial charge in [-0.15, -0.1) is 0 Å². The third-order valence-corrected chi connectivity index (χ3v) is 6.37. The molecule has 0 aromatic heterocycles. The van der Waals surface area contributed by atoms with Crippen LogP contribution in [0.15, 0.2) is 0 Å². The van der Waals surface area contributed by atoms with Gasteiger partial charge in [-0.25, -0.2) is 0 Å². The Morgan fingerprint density at radius 3 is 2.56 bits per heavy atom. The maximum atomic E-state index is 6.34. The molecule has 0 heterocycles. The van der Waals surface area contributed by atoms with Gasteiger partial charge in [0.1, 0.15) is 0 Å². The molecule has 0 radical (unpaired) electrons. The highest BCUT2D eigenvalue weighted by Crippen LogP contribution is 2.58. The highest BCUT2D eigenvalue weighted by atomic mass is 79.9. The smallest absolute Gasteiger partial charge is 0.0656 e. The van der Waals surface area contributed by atoms with Gasteiger partial charge in [0, 0.05) is 10.2 Å². The summed E-state index contributed by atoms with van der Waals surface area (Å²) in [6, 6.07) is 0.